The highest BCUT2D eigenvalue weighted by molar-refractivity contribution is 7.47. The van der Waals surface area contributed by atoms with E-state index in [0.29, 0.717) is 31.6 Å². The van der Waals surface area contributed by atoms with Crippen LogP contribution in [0.15, 0.2) is 0 Å². The number of ether oxygens (including phenoxy) is 4. The molecule has 0 saturated carbocycles. The van der Waals surface area contributed by atoms with Crippen LogP contribution in [0.2, 0.25) is 0 Å². The Bertz CT molecular complexity index is 1950. The second-order valence-corrected chi connectivity index (χ2v) is 34.0. The van der Waals surface area contributed by atoms with Crippen molar-refractivity contribution in [2.45, 2.75) is 433 Å². The molecule has 0 radical (unpaired) electrons. The molecule has 100 heavy (non-hydrogen) atoms. The Hall–Kier alpha value is -1.94. The molecule has 0 amide bonds. The van der Waals surface area contributed by atoms with Crippen LogP contribution in [0.3, 0.4) is 0 Å². The van der Waals surface area contributed by atoms with Crippen molar-refractivity contribution in [1.82, 2.24) is 0 Å². The number of aliphatic hydroxyl groups is 1. The molecule has 0 saturated heterocycles. The third kappa shape index (κ3) is 74.3. The lowest BCUT2D eigenvalue weighted by molar-refractivity contribution is -0.161. The fourth-order valence-corrected chi connectivity index (χ4v) is 14.0. The van der Waals surface area contributed by atoms with Gasteiger partial charge in [-0.1, -0.05) is 364 Å². The molecule has 0 aromatic rings. The molecular weight excluding hydrogens is 1310 g/mol. The summed E-state index contributed by atoms with van der Waals surface area (Å²) in [5.74, 6) is 0.937. The quantitative estimate of drug-likeness (QED) is 0.0222. The minimum atomic E-state index is -4.96. The molecule has 0 aliphatic carbocycles. The number of hydrogen-bond donors (Lipinski definition) is 3. The highest BCUT2D eigenvalue weighted by atomic mass is 31.2. The second-order valence-electron chi connectivity index (χ2n) is 31.1. The van der Waals surface area contributed by atoms with Crippen molar-refractivity contribution < 1.29 is 80.2 Å². The Balaban J connectivity index is 5.18. The molecule has 0 aromatic carbocycles. The molecule has 0 fully saturated rings. The minimum Gasteiger partial charge on any atom is -0.462 e. The molecule has 19 heteroatoms. The summed E-state index contributed by atoms with van der Waals surface area (Å²) in [5.41, 5.74) is 0. The monoisotopic (exact) mass is 1470 g/mol. The minimum absolute atomic E-state index is 0.106. The predicted molar refractivity (Wildman–Crippen MR) is 409 cm³/mol. The van der Waals surface area contributed by atoms with Crippen LogP contribution in [0.1, 0.15) is 415 Å². The molecule has 17 nitrogen and oxygen atoms in total. The van der Waals surface area contributed by atoms with Gasteiger partial charge in [-0.3, -0.25) is 37.3 Å². The van der Waals surface area contributed by atoms with Crippen LogP contribution in [-0.2, 0) is 65.4 Å². The Labute approximate surface area is 613 Å². The van der Waals surface area contributed by atoms with Crippen molar-refractivity contribution in [2.24, 2.45) is 23.7 Å². The number of esters is 4. The zero-order valence-corrected chi connectivity index (χ0v) is 67.6. The molecule has 0 aliphatic heterocycles. The van der Waals surface area contributed by atoms with E-state index < -0.39 is 97.5 Å². The highest BCUT2D eigenvalue weighted by Gasteiger charge is 2.30. The number of unbranched alkanes of at least 4 members (excludes halogenated alkanes) is 44. The lowest BCUT2D eigenvalue weighted by Crippen LogP contribution is -2.30. The van der Waals surface area contributed by atoms with Crippen LogP contribution in [-0.4, -0.2) is 96.7 Å². The summed E-state index contributed by atoms with van der Waals surface area (Å²) in [6.07, 6.45) is 57.1. The fourth-order valence-electron chi connectivity index (χ4n) is 12.4. The van der Waals surface area contributed by atoms with Crippen LogP contribution in [0.4, 0.5) is 0 Å². The number of aliphatic hydroxyl groups excluding tert-OH is 1. The van der Waals surface area contributed by atoms with Crippen LogP contribution < -0.4 is 0 Å². The van der Waals surface area contributed by atoms with Crippen molar-refractivity contribution in [3.63, 3.8) is 0 Å². The SMILES string of the molecule is CC(C)CCCCCCCCCCCCCCCCCCC(=O)OC[C@H](COP(=O)(O)OCC(O)COP(=O)(O)OC[C@@H](COC(=O)CCCCCCCCC(C)C)OC(=O)CCCCCCCCCCCCCCCCCCC(C)C)OC(=O)CCCCCCCCCCCCC(C)C. The van der Waals surface area contributed by atoms with Gasteiger partial charge in [-0.15, -0.1) is 0 Å². The molecule has 594 valence electrons. The Morgan fingerprint density at radius 1 is 0.250 bits per heavy atom. The van der Waals surface area contributed by atoms with Crippen LogP contribution in [0, 0.1) is 23.7 Å². The summed E-state index contributed by atoms with van der Waals surface area (Å²) in [7, 11) is -9.92. The Morgan fingerprint density at radius 2 is 0.420 bits per heavy atom. The maximum Gasteiger partial charge on any atom is 0.472 e. The molecule has 3 unspecified atom stereocenters. The van der Waals surface area contributed by atoms with E-state index in [9.17, 15) is 43.2 Å². The Morgan fingerprint density at radius 3 is 0.620 bits per heavy atom. The van der Waals surface area contributed by atoms with Gasteiger partial charge < -0.3 is 33.8 Å². The summed E-state index contributed by atoms with van der Waals surface area (Å²) in [4.78, 5) is 73.0. The second kappa shape index (κ2) is 70.1. The largest absolute Gasteiger partial charge is 0.472 e. The first-order valence-electron chi connectivity index (χ1n) is 41.7. The van der Waals surface area contributed by atoms with Gasteiger partial charge in [0.2, 0.25) is 0 Å². The number of carbonyl (C=O) groups is 4. The summed E-state index contributed by atoms with van der Waals surface area (Å²) in [6.45, 7) is 14.2. The van der Waals surface area contributed by atoms with Gasteiger partial charge in [0, 0.05) is 25.7 Å². The van der Waals surface area contributed by atoms with Crippen molar-refractivity contribution in [3.05, 3.63) is 0 Å². The van der Waals surface area contributed by atoms with E-state index in [1.54, 1.807) is 0 Å². The number of phosphoric acid groups is 2. The van der Waals surface area contributed by atoms with E-state index in [0.717, 1.165) is 114 Å². The van der Waals surface area contributed by atoms with Crippen molar-refractivity contribution in [3.8, 4) is 0 Å². The summed E-state index contributed by atoms with van der Waals surface area (Å²) >= 11 is 0. The van der Waals surface area contributed by atoms with E-state index in [-0.39, 0.29) is 25.7 Å². The molecule has 3 N–H and O–H groups in total. The van der Waals surface area contributed by atoms with Crippen molar-refractivity contribution >= 4 is 39.5 Å². The summed E-state index contributed by atoms with van der Waals surface area (Å²) in [5, 5.41) is 10.6. The van der Waals surface area contributed by atoms with E-state index in [4.69, 9.17) is 37.0 Å². The van der Waals surface area contributed by atoms with Gasteiger partial charge in [-0.05, 0) is 49.4 Å². The summed E-state index contributed by atoms with van der Waals surface area (Å²) < 4.78 is 68.7. The number of carbonyl (C=O) groups excluding carboxylic acids is 4. The average molecular weight is 1470 g/mol. The highest BCUT2D eigenvalue weighted by Crippen LogP contribution is 2.45. The molecule has 0 aromatic heterocycles. The molecular formula is C81H158O17P2. The van der Waals surface area contributed by atoms with Crippen molar-refractivity contribution in [1.29, 1.82) is 0 Å². The van der Waals surface area contributed by atoms with Gasteiger partial charge >= 0.3 is 39.5 Å². The number of hydrogen-bond acceptors (Lipinski definition) is 15. The van der Waals surface area contributed by atoms with Gasteiger partial charge in [-0.25, -0.2) is 9.13 Å². The van der Waals surface area contributed by atoms with Crippen LogP contribution in [0.25, 0.3) is 0 Å². The molecule has 0 heterocycles. The topological polar surface area (TPSA) is 237 Å². The average Bonchev–Trinajstić information content (AvgIpc) is 0.915. The molecule has 0 aliphatic rings. The third-order valence-corrected chi connectivity index (χ3v) is 20.7. The van der Waals surface area contributed by atoms with E-state index in [2.05, 4.69) is 55.4 Å². The maximum atomic E-state index is 13.1. The molecule has 0 spiro atoms. The van der Waals surface area contributed by atoms with Gasteiger partial charge in [0.1, 0.15) is 19.3 Å². The van der Waals surface area contributed by atoms with E-state index in [1.807, 2.05) is 0 Å². The molecule has 5 atom stereocenters. The lowest BCUT2D eigenvalue weighted by Gasteiger charge is -2.21. The van der Waals surface area contributed by atoms with Gasteiger partial charge in [-0.2, -0.15) is 0 Å². The van der Waals surface area contributed by atoms with Gasteiger partial charge in [0.15, 0.2) is 12.2 Å². The first-order chi connectivity index (χ1) is 48.1. The first kappa shape index (κ1) is 98.1. The summed E-state index contributed by atoms with van der Waals surface area (Å²) in [6, 6.07) is 0. The molecule has 0 bridgehead atoms. The van der Waals surface area contributed by atoms with Crippen molar-refractivity contribution in [2.75, 3.05) is 39.6 Å². The van der Waals surface area contributed by atoms with Crippen LogP contribution in [0.5, 0.6) is 0 Å². The third-order valence-electron chi connectivity index (χ3n) is 18.8. The fraction of sp³-hybridized carbons (Fsp3) is 0.951. The maximum absolute atomic E-state index is 13.1. The Kier molecular flexibility index (Phi) is 68.7. The smallest absolute Gasteiger partial charge is 0.462 e. The van der Waals surface area contributed by atoms with Gasteiger partial charge in [0.05, 0.1) is 26.4 Å². The van der Waals surface area contributed by atoms with Gasteiger partial charge in [0.25, 0.3) is 0 Å². The van der Waals surface area contributed by atoms with Crippen LogP contribution >= 0.6 is 15.6 Å². The first-order valence-corrected chi connectivity index (χ1v) is 44.7. The van der Waals surface area contributed by atoms with E-state index >= 15 is 0 Å². The predicted octanol–water partition coefficient (Wildman–Crippen LogP) is 24.0. The zero-order chi connectivity index (χ0) is 73.8. The standard InChI is InChI=1S/C81H158O17P2/c1-71(2)57-49-41-33-27-21-17-13-9-11-15-19-23-30-36-45-53-61-78(83)91-67-76(97-81(86)64-56-48-38-32-26-25-29-35-43-51-59-73(5)6)69-95-99(87,88)93-65-75(82)66-94-100(89,90)96-70-77(68-92-79(84)62-54-46-40-39-44-52-60-74(7)8)98-80(85)63-55-47-37-31-24-20-16-12-10-14-18-22-28-34-42-50-58-72(3)4/h71-77,82H,9-70H2,1-8H3,(H,87,88)(H,89,90)/t75?,76-,77-/m1/s1. The zero-order valence-electron chi connectivity index (χ0n) is 65.8. The lowest BCUT2D eigenvalue weighted by atomic mass is 10.0. The van der Waals surface area contributed by atoms with E-state index in [1.165, 1.54) is 212 Å². The number of rotatable bonds is 78. The molecule has 0 rings (SSSR count). The normalized spacial score (nSPS) is 14.0. The number of phosphoric ester groups is 2.